The van der Waals surface area contributed by atoms with Crippen molar-refractivity contribution in [1.29, 1.82) is 0 Å². The maximum atomic E-state index is 5.89. The van der Waals surface area contributed by atoms with Crippen LogP contribution in [0.4, 0.5) is 0 Å². The van der Waals surface area contributed by atoms with Crippen LogP contribution in [0.25, 0.3) is 17.0 Å². The minimum atomic E-state index is -0.197. The van der Waals surface area contributed by atoms with Gasteiger partial charge in [0.25, 0.3) is 5.89 Å². The molecule has 0 radical (unpaired) electrons. The summed E-state index contributed by atoms with van der Waals surface area (Å²) >= 11 is 5.88. The van der Waals surface area contributed by atoms with Crippen LogP contribution >= 0.6 is 12.2 Å². The lowest BCUT2D eigenvalue weighted by atomic mass is 9.92. The predicted molar refractivity (Wildman–Crippen MR) is 148 cm³/mol. The van der Waals surface area contributed by atoms with Crippen LogP contribution in [0.3, 0.4) is 0 Å². The molecule has 0 amide bonds. The van der Waals surface area contributed by atoms with Gasteiger partial charge in [-0.05, 0) is 69.1 Å². The molecular formula is C30H30N4OS. The zero-order valence-corrected chi connectivity index (χ0v) is 22.1. The Balaban J connectivity index is 1.61. The summed E-state index contributed by atoms with van der Waals surface area (Å²) in [7, 11) is 0. The van der Waals surface area contributed by atoms with Crippen LogP contribution in [0.1, 0.15) is 52.2 Å². The second-order valence-electron chi connectivity index (χ2n) is 9.59. The molecule has 1 aromatic heterocycles. The Bertz CT molecular complexity index is 1470. The van der Waals surface area contributed by atoms with Gasteiger partial charge in [-0.25, -0.2) is 0 Å². The van der Waals surface area contributed by atoms with Crippen LogP contribution in [0.15, 0.2) is 77.0 Å². The fourth-order valence-electron chi connectivity index (χ4n) is 4.59. The zero-order valence-electron chi connectivity index (χ0n) is 21.3. The number of hydrogen-bond donors (Lipinski definition) is 1. The Morgan fingerprint density at radius 3 is 2.39 bits per heavy atom. The van der Waals surface area contributed by atoms with Gasteiger partial charge in [-0.3, -0.25) is 0 Å². The second kappa shape index (κ2) is 9.70. The first-order valence-corrected chi connectivity index (χ1v) is 12.5. The number of aromatic nitrogens is 2. The molecule has 0 saturated carbocycles. The van der Waals surface area contributed by atoms with Crippen molar-refractivity contribution >= 4 is 22.9 Å². The first-order chi connectivity index (χ1) is 17.3. The molecule has 3 aromatic carbocycles. The molecule has 0 aliphatic carbocycles. The van der Waals surface area contributed by atoms with Crippen LogP contribution in [0, 0.1) is 27.7 Å². The summed E-state index contributed by atoms with van der Waals surface area (Å²) in [5.41, 5.74) is 10.0. The SMILES string of the molecule is CC1=C(c2nc(-c3ccc(C)cc3)no2)C(c2ccc(C)c(C)c2)NC(=S)N1Cc1cccc(C)c1. The van der Waals surface area contributed by atoms with Crippen LogP contribution in [0.5, 0.6) is 0 Å². The number of nitrogens with zero attached hydrogens (tertiary/aromatic N) is 3. The molecule has 6 heteroatoms. The topological polar surface area (TPSA) is 54.2 Å². The number of nitrogens with one attached hydrogen (secondary N) is 1. The normalized spacial score (nSPS) is 15.9. The fourth-order valence-corrected chi connectivity index (χ4v) is 4.91. The Hall–Kier alpha value is -3.77. The molecule has 5 rings (SSSR count). The van der Waals surface area contributed by atoms with Crippen molar-refractivity contribution in [2.45, 2.75) is 47.2 Å². The number of benzene rings is 3. The average molecular weight is 495 g/mol. The molecule has 1 N–H and O–H groups in total. The maximum Gasteiger partial charge on any atom is 0.258 e. The largest absolute Gasteiger partial charge is 0.351 e. The predicted octanol–water partition coefficient (Wildman–Crippen LogP) is 6.83. The highest BCUT2D eigenvalue weighted by atomic mass is 32.1. The second-order valence-corrected chi connectivity index (χ2v) is 9.98. The molecule has 36 heavy (non-hydrogen) atoms. The maximum absolute atomic E-state index is 5.89. The highest BCUT2D eigenvalue weighted by Gasteiger charge is 2.34. The lowest BCUT2D eigenvalue weighted by Gasteiger charge is -2.37. The fraction of sp³-hybridized carbons (Fsp3) is 0.233. The Labute approximate surface area is 217 Å². The van der Waals surface area contributed by atoms with Gasteiger partial charge in [-0.15, -0.1) is 0 Å². The molecule has 1 unspecified atom stereocenters. The Morgan fingerprint density at radius 2 is 1.67 bits per heavy atom. The van der Waals surface area contributed by atoms with E-state index in [-0.39, 0.29) is 6.04 Å². The van der Waals surface area contributed by atoms with Crippen molar-refractivity contribution in [3.8, 4) is 11.4 Å². The molecule has 0 saturated heterocycles. The molecule has 4 aromatic rings. The molecular weight excluding hydrogens is 464 g/mol. The summed E-state index contributed by atoms with van der Waals surface area (Å²) in [5.74, 6) is 1.07. The van der Waals surface area contributed by atoms with Gasteiger partial charge in [0.15, 0.2) is 5.11 Å². The molecule has 5 nitrogen and oxygen atoms in total. The van der Waals surface area contributed by atoms with Gasteiger partial charge in [0.05, 0.1) is 11.6 Å². The summed E-state index contributed by atoms with van der Waals surface area (Å²) < 4.78 is 5.89. The van der Waals surface area contributed by atoms with Gasteiger partial charge in [0.2, 0.25) is 5.82 Å². The monoisotopic (exact) mass is 494 g/mol. The van der Waals surface area contributed by atoms with E-state index in [1.807, 2.05) is 12.1 Å². The number of hydrogen-bond acceptors (Lipinski definition) is 4. The minimum absolute atomic E-state index is 0.197. The van der Waals surface area contributed by atoms with Gasteiger partial charge in [0.1, 0.15) is 0 Å². The Morgan fingerprint density at radius 1 is 0.889 bits per heavy atom. The molecule has 0 bridgehead atoms. The first kappa shape index (κ1) is 23.9. The van der Waals surface area contributed by atoms with E-state index < -0.39 is 0 Å². The van der Waals surface area contributed by atoms with Crippen molar-refractivity contribution in [3.63, 3.8) is 0 Å². The minimum Gasteiger partial charge on any atom is -0.351 e. The number of thiocarbonyl (C=S) groups is 1. The van der Waals surface area contributed by atoms with Crippen molar-refractivity contribution in [3.05, 3.63) is 112 Å². The van der Waals surface area contributed by atoms with Crippen LogP contribution < -0.4 is 5.32 Å². The Kier molecular flexibility index (Phi) is 6.46. The van der Waals surface area contributed by atoms with Gasteiger partial charge in [0, 0.05) is 17.8 Å². The lowest BCUT2D eigenvalue weighted by Crippen LogP contribution is -2.45. The molecule has 2 heterocycles. The third kappa shape index (κ3) is 4.69. The molecule has 0 spiro atoms. The third-order valence-electron chi connectivity index (χ3n) is 6.85. The van der Waals surface area contributed by atoms with Crippen molar-refractivity contribution in [2.75, 3.05) is 0 Å². The molecule has 0 fully saturated rings. The smallest absolute Gasteiger partial charge is 0.258 e. The third-order valence-corrected chi connectivity index (χ3v) is 7.19. The van der Waals surface area contributed by atoms with Gasteiger partial charge >= 0.3 is 0 Å². The summed E-state index contributed by atoms with van der Waals surface area (Å²) in [6.45, 7) is 11.2. The summed E-state index contributed by atoms with van der Waals surface area (Å²) in [5, 5.41) is 8.58. The molecule has 1 aliphatic rings. The van der Waals surface area contributed by atoms with E-state index in [1.165, 1.54) is 27.8 Å². The van der Waals surface area contributed by atoms with Crippen LogP contribution in [0.2, 0.25) is 0 Å². The van der Waals surface area contributed by atoms with E-state index in [0.29, 0.717) is 23.4 Å². The van der Waals surface area contributed by atoms with Gasteiger partial charge in [-0.1, -0.05) is 83.0 Å². The van der Waals surface area contributed by atoms with E-state index in [4.69, 9.17) is 21.7 Å². The molecule has 182 valence electrons. The van der Waals surface area contributed by atoms with Crippen molar-refractivity contribution < 1.29 is 4.52 Å². The van der Waals surface area contributed by atoms with Crippen molar-refractivity contribution in [2.24, 2.45) is 0 Å². The summed E-state index contributed by atoms with van der Waals surface area (Å²) in [6.07, 6.45) is 0. The number of rotatable bonds is 5. The summed E-state index contributed by atoms with van der Waals surface area (Å²) in [6, 6.07) is 22.9. The van der Waals surface area contributed by atoms with Gasteiger partial charge < -0.3 is 14.7 Å². The van der Waals surface area contributed by atoms with E-state index in [9.17, 15) is 0 Å². The highest BCUT2D eigenvalue weighted by Crippen LogP contribution is 2.38. The van der Waals surface area contributed by atoms with E-state index in [1.54, 1.807) is 0 Å². The lowest BCUT2D eigenvalue weighted by molar-refractivity contribution is 0.396. The van der Waals surface area contributed by atoms with E-state index in [2.05, 4.69) is 105 Å². The quantitative estimate of drug-likeness (QED) is 0.307. The van der Waals surface area contributed by atoms with E-state index >= 15 is 0 Å². The summed E-state index contributed by atoms with van der Waals surface area (Å²) in [4.78, 5) is 6.95. The molecule has 1 atom stereocenters. The first-order valence-electron chi connectivity index (χ1n) is 12.1. The standard InChI is InChI=1S/C30H30N4OS/c1-18-9-12-24(13-10-18)28-32-29(35-33-28)26-22(5)34(17-23-8-6-7-19(2)15-23)30(36)31-27(26)25-14-11-20(3)21(4)16-25/h6-16,27H,17H2,1-5H3,(H,31,36). The number of allylic oxidation sites excluding steroid dienone is 1. The van der Waals surface area contributed by atoms with Crippen LogP contribution in [-0.2, 0) is 6.54 Å². The van der Waals surface area contributed by atoms with E-state index in [0.717, 1.165) is 22.4 Å². The van der Waals surface area contributed by atoms with Crippen LogP contribution in [-0.4, -0.2) is 20.2 Å². The number of aryl methyl sites for hydroxylation is 4. The van der Waals surface area contributed by atoms with Crippen molar-refractivity contribution in [1.82, 2.24) is 20.4 Å². The highest BCUT2D eigenvalue weighted by molar-refractivity contribution is 7.80. The zero-order chi connectivity index (χ0) is 25.4. The molecule has 1 aliphatic heterocycles. The average Bonchev–Trinajstić information content (AvgIpc) is 3.33. The van der Waals surface area contributed by atoms with Gasteiger partial charge in [-0.2, -0.15) is 4.98 Å².